The lowest BCUT2D eigenvalue weighted by atomic mass is 9.99. The van der Waals surface area contributed by atoms with Crippen molar-refractivity contribution < 1.29 is 13.2 Å². The number of hydrogen-bond acceptors (Lipinski definition) is 3. The first kappa shape index (κ1) is 13.7. The van der Waals surface area contributed by atoms with Crippen molar-refractivity contribution >= 4 is 0 Å². The smallest absolute Gasteiger partial charge is 0.162 e. The molecular formula is C14H16F2N2O. The van der Waals surface area contributed by atoms with Crippen molar-refractivity contribution in [3.8, 4) is 0 Å². The van der Waals surface area contributed by atoms with Crippen molar-refractivity contribution in [2.75, 3.05) is 0 Å². The number of nitrogens with two attached hydrogens (primary N) is 1. The second-order valence-electron chi connectivity index (χ2n) is 4.50. The molecule has 1 atom stereocenters. The van der Waals surface area contributed by atoms with E-state index in [4.69, 9.17) is 10.3 Å². The molecule has 0 amide bonds. The summed E-state index contributed by atoms with van der Waals surface area (Å²) in [5.74, 6) is 5.30. The lowest BCUT2D eigenvalue weighted by molar-refractivity contribution is 0.469. The van der Waals surface area contributed by atoms with Crippen molar-refractivity contribution in [2.24, 2.45) is 5.84 Å². The monoisotopic (exact) mass is 266 g/mol. The highest BCUT2D eigenvalue weighted by atomic mass is 19.2. The highest BCUT2D eigenvalue weighted by molar-refractivity contribution is 5.28. The summed E-state index contributed by atoms with van der Waals surface area (Å²) in [6.45, 7) is 3.64. The summed E-state index contributed by atoms with van der Waals surface area (Å²) in [5, 5.41) is 0. The summed E-state index contributed by atoms with van der Waals surface area (Å²) in [7, 11) is 0. The Morgan fingerprint density at radius 2 is 2.05 bits per heavy atom. The van der Waals surface area contributed by atoms with Gasteiger partial charge in [0.25, 0.3) is 0 Å². The summed E-state index contributed by atoms with van der Waals surface area (Å²) in [4.78, 5) is 0. The fourth-order valence-electron chi connectivity index (χ4n) is 2.18. The highest BCUT2D eigenvalue weighted by Gasteiger charge is 2.19. The van der Waals surface area contributed by atoms with Gasteiger partial charge >= 0.3 is 0 Å². The Labute approximate surface area is 110 Å². The van der Waals surface area contributed by atoms with Gasteiger partial charge in [-0.25, -0.2) is 8.78 Å². The Morgan fingerprint density at radius 3 is 2.63 bits per heavy atom. The quantitative estimate of drug-likeness (QED) is 0.661. The molecule has 0 bridgehead atoms. The average Bonchev–Trinajstić information content (AvgIpc) is 2.70. The number of benzene rings is 1. The van der Waals surface area contributed by atoms with Gasteiger partial charge in [-0.15, -0.1) is 0 Å². The van der Waals surface area contributed by atoms with Gasteiger partial charge in [-0.1, -0.05) is 12.1 Å². The SMILES string of the molecule is Cc1cc(C(Cc2cccc(F)c2F)NN)c(C)o1. The van der Waals surface area contributed by atoms with E-state index in [1.165, 1.54) is 6.07 Å². The van der Waals surface area contributed by atoms with E-state index in [1.54, 1.807) is 6.07 Å². The van der Waals surface area contributed by atoms with E-state index < -0.39 is 11.6 Å². The van der Waals surface area contributed by atoms with E-state index in [1.807, 2.05) is 19.9 Å². The molecule has 1 aromatic carbocycles. The second kappa shape index (κ2) is 5.50. The second-order valence-corrected chi connectivity index (χ2v) is 4.50. The maximum atomic E-state index is 13.7. The number of halogens is 2. The Kier molecular flexibility index (Phi) is 3.97. The van der Waals surface area contributed by atoms with Crippen LogP contribution in [0.5, 0.6) is 0 Å². The van der Waals surface area contributed by atoms with Crippen LogP contribution in [-0.2, 0) is 6.42 Å². The summed E-state index contributed by atoms with van der Waals surface area (Å²) in [5.41, 5.74) is 3.75. The number of nitrogens with one attached hydrogen (secondary N) is 1. The molecule has 2 aromatic rings. The molecule has 0 aliphatic rings. The van der Waals surface area contributed by atoms with E-state index >= 15 is 0 Å². The minimum atomic E-state index is -0.853. The standard InChI is InChI=1S/C14H16F2N2O/c1-8-6-11(9(2)19-8)13(18-17)7-10-4-3-5-12(15)14(10)16/h3-6,13,18H,7,17H2,1-2H3. The zero-order chi connectivity index (χ0) is 14.0. The fourth-order valence-corrected chi connectivity index (χ4v) is 2.18. The van der Waals surface area contributed by atoms with Crippen LogP contribution < -0.4 is 11.3 Å². The van der Waals surface area contributed by atoms with Crippen molar-refractivity contribution in [3.05, 3.63) is 58.5 Å². The van der Waals surface area contributed by atoms with Gasteiger partial charge in [-0.3, -0.25) is 11.3 Å². The Bertz CT molecular complexity index is 581. The number of hydrogen-bond donors (Lipinski definition) is 2. The van der Waals surface area contributed by atoms with Crippen LogP contribution in [0.15, 0.2) is 28.7 Å². The van der Waals surface area contributed by atoms with E-state index in [-0.39, 0.29) is 18.0 Å². The molecule has 1 heterocycles. The molecule has 5 heteroatoms. The first-order valence-corrected chi connectivity index (χ1v) is 5.99. The molecule has 0 saturated carbocycles. The predicted octanol–water partition coefficient (Wildman–Crippen LogP) is 2.92. The van der Waals surface area contributed by atoms with Gasteiger partial charge in [0.2, 0.25) is 0 Å². The fraction of sp³-hybridized carbons (Fsp3) is 0.286. The Balaban J connectivity index is 2.29. The third-order valence-corrected chi connectivity index (χ3v) is 3.11. The van der Waals surface area contributed by atoms with E-state index in [0.717, 1.165) is 23.2 Å². The summed E-state index contributed by atoms with van der Waals surface area (Å²) >= 11 is 0. The molecule has 1 aromatic heterocycles. The normalized spacial score (nSPS) is 12.7. The number of rotatable bonds is 4. The Morgan fingerprint density at radius 1 is 1.32 bits per heavy atom. The molecule has 0 radical (unpaired) electrons. The first-order chi connectivity index (χ1) is 9.02. The van der Waals surface area contributed by atoms with Crippen molar-refractivity contribution in [3.63, 3.8) is 0 Å². The molecule has 3 nitrogen and oxygen atoms in total. The minimum absolute atomic E-state index is 0.250. The average molecular weight is 266 g/mol. The van der Waals surface area contributed by atoms with E-state index in [2.05, 4.69) is 5.43 Å². The maximum Gasteiger partial charge on any atom is 0.162 e. The van der Waals surface area contributed by atoms with Crippen LogP contribution in [0.1, 0.15) is 28.7 Å². The van der Waals surface area contributed by atoms with Crippen molar-refractivity contribution in [1.29, 1.82) is 0 Å². The third kappa shape index (κ3) is 2.83. The van der Waals surface area contributed by atoms with Crippen LogP contribution >= 0.6 is 0 Å². The minimum Gasteiger partial charge on any atom is -0.466 e. The van der Waals surface area contributed by atoms with Crippen LogP contribution in [0.3, 0.4) is 0 Å². The number of furan rings is 1. The molecule has 3 N–H and O–H groups in total. The molecular weight excluding hydrogens is 250 g/mol. The van der Waals surface area contributed by atoms with Gasteiger partial charge in [-0.05, 0) is 38.0 Å². The zero-order valence-electron chi connectivity index (χ0n) is 10.8. The third-order valence-electron chi connectivity index (χ3n) is 3.11. The molecule has 0 aliphatic heterocycles. The zero-order valence-corrected chi connectivity index (χ0v) is 10.8. The van der Waals surface area contributed by atoms with Gasteiger partial charge in [-0.2, -0.15) is 0 Å². The molecule has 19 heavy (non-hydrogen) atoms. The lowest BCUT2D eigenvalue weighted by Gasteiger charge is -2.15. The number of aryl methyl sites for hydroxylation is 2. The summed E-state index contributed by atoms with van der Waals surface area (Å²) in [6, 6.07) is 5.64. The van der Waals surface area contributed by atoms with Gasteiger partial charge in [0.15, 0.2) is 11.6 Å². The molecule has 0 aliphatic carbocycles. The van der Waals surface area contributed by atoms with Crippen LogP contribution in [0.2, 0.25) is 0 Å². The van der Waals surface area contributed by atoms with E-state index in [0.29, 0.717) is 0 Å². The van der Waals surface area contributed by atoms with Crippen LogP contribution in [-0.4, -0.2) is 0 Å². The Hall–Kier alpha value is -1.72. The molecule has 1 unspecified atom stereocenters. The van der Waals surface area contributed by atoms with E-state index in [9.17, 15) is 8.78 Å². The molecule has 0 saturated heterocycles. The van der Waals surface area contributed by atoms with Gasteiger partial charge in [0.05, 0.1) is 6.04 Å². The number of hydrazine groups is 1. The maximum absolute atomic E-state index is 13.7. The van der Waals surface area contributed by atoms with Gasteiger partial charge in [0.1, 0.15) is 11.5 Å². The summed E-state index contributed by atoms with van der Waals surface area (Å²) in [6.07, 6.45) is 0.250. The van der Waals surface area contributed by atoms with Crippen molar-refractivity contribution in [1.82, 2.24) is 5.43 Å². The van der Waals surface area contributed by atoms with Crippen LogP contribution in [0.4, 0.5) is 8.78 Å². The van der Waals surface area contributed by atoms with Gasteiger partial charge in [0, 0.05) is 5.56 Å². The topological polar surface area (TPSA) is 51.2 Å². The predicted molar refractivity (Wildman–Crippen MR) is 68.3 cm³/mol. The highest BCUT2D eigenvalue weighted by Crippen LogP contribution is 2.25. The molecule has 0 spiro atoms. The molecule has 2 rings (SSSR count). The van der Waals surface area contributed by atoms with Crippen LogP contribution in [0, 0.1) is 25.5 Å². The van der Waals surface area contributed by atoms with Crippen molar-refractivity contribution in [2.45, 2.75) is 26.3 Å². The first-order valence-electron chi connectivity index (χ1n) is 5.99. The summed E-state index contributed by atoms with van der Waals surface area (Å²) < 4.78 is 32.3. The lowest BCUT2D eigenvalue weighted by Crippen LogP contribution is -2.30. The molecule has 0 fully saturated rings. The molecule has 102 valence electrons. The van der Waals surface area contributed by atoms with Gasteiger partial charge < -0.3 is 4.42 Å². The largest absolute Gasteiger partial charge is 0.466 e. The van der Waals surface area contributed by atoms with Crippen LogP contribution in [0.25, 0.3) is 0 Å².